The highest BCUT2D eigenvalue weighted by Crippen LogP contribution is 2.32. The number of aryl methyl sites for hydroxylation is 2. The molecule has 0 fully saturated rings. The molecular weight excluding hydrogens is 492 g/mol. The van der Waals surface area contributed by atoms with Gasteiger partial charge in [-0.2, -0.15) is 5.10 Å². The van der Waals surface area contributed by atoms with Crippen LogP contribution in [0.1, 0.15) is 21.7 Å². The number of methoxy groups -OCH3 is 1. The van der Waals surface area contributed by atoms with Crippen LogP contribution in [0.25, 0.3) is 11.4 Å². The molecule has 0 bridgehead atoms. The van der Waals surface area contributed by atoms with Gasteiger partial charge in [0.2, 0.25) is 5.95 Å². The van der Waals surface area contributed by atoms with E-state index in [-0.39, 0.29) is 24.4 Å². The maximum absolute atomic E-state index is 14.1. The van der Waals surface area contributed by atoms with Crippen LogP contribution in [-0.2, 0) is 23.7 Å². The van der Waals surface area contributed by atoms with Crippen LogP contribution in [0.3, 0.4) is 0 Å². The Bertz CT molecular complexity index is 1520. The highest BCUT2D eigenvalue weighted by Gasteiger charge is 2.43. The van der Waals surface area contributed by atoms with E-state index >= 15 is 0 Å². The molecule has 10 nitrogen and oxygen atoms in total. The molecule has 1 N–H and O–H groups in total. The van der Waals surface area contributed by atoms with E-state index in [9.17, 15) is 13.6 Å². The second-order valence-corrected chi connectivity index (χ2v) is 9.76. The highest BCUT2D eigenvalue weighted by molar-refractivity contribution is 6.40. The van der Waals surface area contributed by atoms with Crippen molar-refractivity contribution in [1.82, 2.24) is 34.2 Å². The first-order chi connectivity index (χ1) is 18.1. The van der Waals surface area contributed by atoms with Gasteiger partial charge in [0.1, 0.15) is 27.2 Å². The van der Waals surface area contributed by atoms with E-state index < -0.39 is 17.0 Å². The Hall–Kier alpha value is -4.06. The molecule has 5 rings (SSSR count). The molecular formula is C24H26B2F2N8O2. The van der Waals surface area contributed by atoms with Crippen LogP contribution >= 0.6 is 0 Å². The van der Waals surface area contributed by atoms with E-state index in [2.05, 4.69) is 25.4 Å². The van der Waals surface area contributed by atoms with Gasteiger partial charge in [0.05, 0.1) is 24.5 Å². The molecule has 4 heterocycles. The van der Waals surface area contributed by atoms with Crippen LogP contribution in [0.2, 0.25) is 0 Å². The third-order valence-corrected chi connectivity index (χ3v) is 6.82. The number of amides is 1. The molecule has 0 saturated carbocycles. The summed E-state index contributed by atoms with van der Waals surface area (Å²) in [5.41, 5.74) is 2.35. The lowest BCUT2D eigenvalue weighted by molar-refractivity contribution is 0.0298. The lowest BCUT2D eigenvalue weighted by Gasteiger charge is -2.46. The molecule has 1 amide bonds. The molecule has 1 aliphatic heterocycles. The van der Waals surface area contributed by atoms with Gasteiger partial charge in [-0.15, -0.1) is 0 Å². The summed E-state index contributed by atoms with van der Waals surface area (Å²) in [6.45, 7) is 2.52. The van der Waals surface area contributed by atoms with Gasteiger partial charge >= 0.3 is 0 Å². The van der Waals surface area contributed by atoms with Gasteiger partial charge < -0.3 is 19.5 Å². The van der Waals surface area contributed by atoms with Gasteiger partial charge in [0, 0.05) is 44.5 Å². The Balaban J connectivity index is 1.52. The number of hydrogen-bond donors (Lipinski definition) is 1. The number of hydrogen-bond acceptors (Lipinski definition) is 7. The second kappa shape index (κ2) is 9.67. The molecule has 3 aromatic heterocycles. The zero-order valence-electron chi connectivity index (χ0n) is 21.7. The third-order valence-electron chi connectivity index (χ3n) is 6.82. The lowest BCUT2D eigenvalue weighted by atomic mass is 9.56. The number of halogens is 2. The Morgan fingerprint density at radius 3 is 2.68 bits per heavy atom. The molecule has 0 unspecified atom stereocenters. The van der Waals surface area contributed by atoms with Gasteiger partial charge in [-0.1, -0.05) is 6.07 Å². The van der Waals surface area contributed by atoms with Crippen molar-refractivity contribution < 1.29 is 18.3 Å². The van der Waals surface area contributed by atoms with E-state index in [0.29, 0.717) is 29.4 Å². The predicted molar refractivity (Wildman–Crippen MR) is 141 cm³/mol. The minimum atomic E-state index is -0.975. The smallest absolute Gasteiger partial charge is 0.289 e. The van der Waals surface area contributed by atoms with E-state index in [1.54, 1.807) is 68.7 Å². The fraction of sp³-hybridized carbons (Fsp3) is 0.292. The summed E-state index contributed by atoms with van der Waals surface area (Å²) in [6, 6.07) is 5.11. The molecule has 1 atom stereocenters. The topological polar surface area (TPSA) is 103 Å². The molecule has 0 radical (unpaired) electrons. The fourth-order valence-electron chi connectivity index (χ4n) is 4.84. The summed E-state index contributed by atoms with van der Waals surface area (Å²) < 4.78 is 36.6. The average molecular weight is 518 g/mol. The summed E-state index contributed by atoms with van der Waals surface area (Å²) in [4.78, 5) is 29.2. The zero-order valence-corrected chi connectivity index (χ0v) is 21.7. The predicted octanol–water partition coefficient (Wildman–Crippen LogP) is 0.951. The number of benzene rings is 1. The number of aromatic nitrogens is 6. The van der Waals surface area contributed by atoms with Crippen molar-refractivity contribution in [3.8, 4) is 11.4 Å². The first-order valence-electron chi connectivity index (χ1n) is 12.0. The molecule has 194 valence electrons. The average Bonchev–Trinajstić information content (AvgIpc) is 3.48. The number of anilines is 2. The van der Waals surface area contributed by atoms with E-state index in [1.165, 1.54) is 6.07 Å². The Labute approximate surface area is 219 Å². The summed E-state index contributed by atoms with van der Waals surface area (Å²) >= 11 is 0. The Morgan fingerprint density at radius 1 is 1.21 bits per heavy atom. The number of rotatable bonds is 7. The van der Waals surface area contributed by atoms with E-state index in [4.69, 9.17) is 4.74 Å². The summed E-state index contributed by atoms with van der Waals surface area (Å²) in [5.74, 6) is -0.953. The lowest BCUT2D eigenvalue weighted by Crippen LogP contribution is -2.60. The fourth-order valence-corrected chi connectivity index (χ4v) is 4.84. The molecule has 0 saturated heterocycles. The number of imidazole rings is 1. The van der Waals surface area contributed by atoms with Crippen LogP contribution in [0.4, 0.5) is 20.5 Å². The number of fused-ring (bicyclic) bond motifs is 1. The molecule has 38 heavy (non-hydrogen) atoms. The number of ether oxygens (including phenoxy) is 1. The van der Waals surface area contributed by atoms with Gasteiger partial charge in [-0.3, -0.25) is 9.48 Å². The first kappa shape index (κ1) is 25.6. The standard InChI is InChI=1S/C24H26B2F2N8O2/c1-13-9-29-23(32-19-6-7-30-34(19)2)33-20(13)18-11-35-10-15(12-38-3)36(22(37)21(35)31-18)24(25,26)14-4-5-16(27)17(28)8-14/h4-9,11,15H,10,12,25-26H2,1-3H3,(H,29,32,33)/t15-/m1/s1. The maximum Gasteiger partial charge on any atom is 0.289 e. The third kappa shape index (κ3) is 4.44. The molecule has 0 aliphatic carbocycles. The number of carbonyl (C=O) groups excluding carboxylic acids is 1. The number of nitrogens with one attached hydrogen (secondary N) is 1. The monoisotopic (exact) mass is 518 g/mol. The van der Waals surface area contributed by atoms with Gasteiger partial charge in [-0.25, -0.2) is 23.7 Å². The van der Waals surface area contributed by atoms with Crippen LogP contribution in [0, 0.1) is 18.6 Å². The number of nitrogens with zero attached hydrogens (tertiary/aromatic N) is 7. The van der Waals surface area contributed by atoms with Crippen LogP contribution in [0.5, 0.6) is 0 Å². The van der Waals surface area contributed by atoms with Gasteiger partial charge in [0.15, 0.2) is 17.5 Å². The number of carbonyl (C=O) groups is 1. The van der Waals surface area contributed by atoms with Crippen molar-refractivity contribution in [2.75, 3.05) is 19.0 Å². The molecule has 0 spiro atoms. The normalized spacial score (nSPS) is 15.6. The minimum absolute atomic E-state index is 0.224. The van der Waals surface area contributed by atoms with Crippen molar-refractivity contribution in [3.63, 3.8) is 0 Å². The minimum Gasteiger partial charge on any atom is -0.382 e. The van der Waals surface area contributed by atoms with Gasteiger partial charge in [0.25, 0.3) is 5.91 Å². The molecule has 14 heteroatoms. The zero-order chi connectivity index (χ0) is 27.2. The van der Waals surface area contributed by atoms with Crippen LogP contribution < -0.4 is 5.32 Å². The molecule has 1 aromatic carbocycles. The van der Waals surface area contributed by atoms with Crippen molar-refractivity contribution >= 4 is 33.4 Å². The van der Waals surface area contributed by atoms with E-state index in [0.717, 1.165) is 23.5 Å². The van der Waals surface area contributed by atoms with Crippen LogP contribution in [0.15, 0.2) is 42.9 Å². The van der Waals surface area contributed by atoms with Crippen molar-refractivity contribution in [3.05, 3.63) is 71.4 Å². The summed E-state index contributed by atoms with van der Waals surface area (Å²) in [6.07, 6.45) is 5.14. The Kier molecular flexibility index (Phi) is 6.51. The SMILES string of the molecule is BC(B)(c1ccc(F)c(F)c1)N1C(=O)c2nc(-c3nc(Nc4ccnn4C)ncc3C)cn2C[C@@H]1COC. The highest BCUT2D eigenvalue weighted by atomic mass is 19.2. The second-order valence-electron chi connectivity index (χ2n) is 9.76. The summed E-state index contributed by atoms with van der Waals surface area (Å²) in [7, 11) is 6.95. The quantitative estimate of drug-likeness (QED) is 0.364. The first-order valence-corrected chi connectivity index (χ1v) is 12.0. The largest absolute Gasteiger partial charge is 0.382 e. The van der Waals surface area contributed by atoms with E-state index in [1.807, 2.05) is 6.92 Å². The molecule has 4 aromatic rings. The molecule has 1 aliphatic rings. The van der Waals surface area contributed by atoms with Crippen molar-refractivity contribution in [2.24, 2.45) is 7.05 Å². The maximum atomic E-state index is 14.1. The van der Waals surface area contributed by atoms with Crippen molar-refractivity contribution in [1.29, 1.82) is 0 Å². The van der Waals surface area contributed by atoms with Crippen LogP contribution in [-0.4, -0.2) is 75.6 Å². The summed E-state index contributed by atoms with van der Waals surface area (Å²) in [5, 5.41) is 6.29. The van der Waals surface area contributed by atoms with Crippen molar-refractivity contribution in [2.45, 2.75) is 24.8 Å². The van der Waals surface area contributed by atoms with Gasteiger partial charge in [-0.05, 0) is 30.2 Å². The Morgan fingerprint density at radius 2 is 2.00 bits per heavy atom.